The van der Waals surface area contributed by atoms with Gasteiger partial charge < -0.3 is 25.0 Å². The summed E-state index contributed by atoms with van der Waals surface area (Å²) in [6.45, 7) is 2.56. The summed E-state index contributed by atoms with van der Waals surface area (Å²) in [5.41, 5.74) is -0.459. The van der Waals surface area contributed by atoms with Gasteiger partial charge in [-0.15, -0.1) is 0 Å². The number of nitrogens with one attached hydrogen (secondary N) is 2. The van der Waals surface area contributed by atoms with E-state index in [2.05, 4.69) is 25.5 Å². The molecule has 2 aromatic carbocycles. The van der Waals surface area contributed by atoms with Crippen LogP contribution in [0.5, 0.6) is 17.4 Å². The molecule has 1 aromatic heterocycles. The van der Waals surface area contributed by atoms with E-state index < -0.39 is 17.6 Å². The van der Waals surface area contributed by atoms with E-state index in [-0.39, 0.29) is 40.0 Å². The number of nitrogens with zero attached hydrogens (tertiary/aromatic N) is 4. The van der Waals surface area contributed by atoms with E-state index in [1.54, 1.807) is 0 Å². The molecule has 0 spiro atoms. The van der Waals surface area contributed by atoms with Gasteiger partial charge in [-0.25, -0.2) is 4.98 Å². The summed E-state index contributed by atoms with van der Waals surface area (Å²) in [5, 5.41) is 5.83. The Bertz CT molecular complexity index is 1400. The third kappa shape index (κ3) is 6.24. The highest BCUT2D eigenvalue weighted by molar-refractivity contribution is 6.32. The molecule has 1 saturated heterocycles. The van der Waals surface area contributed by atoms with Gasteiger partial charge in [0.1, 0.15) is 18.7 Å². The first kappa shape index (κ1) is 27.9. The Morgan fingerprint density at radius 2 is 2.08 bits per heavy atom. The van der Waals surface area contributed by atoms with E-state index >= 15 is 0 Å². The Morgan fingerprint density at radius 3 is 2.83 bits per heavy atom. The lowest BCUT2D eigenvalue weighted by molar-refractivity contribution is -0.138. The molecule has 2 aliphatic rings. The average Bonchev–Trinajstić information content (AvgIpc) is 3.39. The fraction of sp³-hybridized carbons (Fsp3) is 0.370. The Hall–Kier alpha value is -3.61. The van der Waals surface area contributed by atoms with Crippen LogP contribution in [0.4, 0.5) is 24.7 Å². The molecule has 1 atom stereocenters. The summed E-state index contributed by atoms with van der Waals surface area (Å²) in [5.74, 6) is 0.380. The molecule has 0 unspecified atom stereocenters. The number of halogens is 4. The van der Waals surface area contributed by atoms with Gasteiger partial charge in [0.05, 0.1) is 17.1 Å². The number of ether oxygens (including phenoxy) is 2. The molecule has 9 nitrogen and oxygen atoms in total. The largest absolute Gasteiger partial charge is 0.483 e. The van der Waals surface area contributed by atoms with Gasteiger partial charge in [-0.3, -0.25) is 9.69 Å². The molecule has 40 heavy (non-hydrogen) atoms. The summed E-state index contributed by atoms with van der Waals surface area (Å²) >= 11 is 6.29. The molecular weight excluding hydrogens is 549 g/mol. The Labute approximate surface area is 234 Å². The molecule has 0 radical (unpaired) electrons. The summed E-state index contributed by atoms with van der Waals surface area (Å²) < 4.78 is 53.4. The molecule has 1 fully saturated rings. The van der Waals surface area contributed by atoms with Crippen molar-refractivity contribution in [1.29, 1.82) is 0 Å². The van der Waals surface area contributed by atoms with Crippen LogP contribution in [0.1, 0.15) is 27.9 Å². The van der Waals surface area contributed by atoms with Crippen LogP contribution in [0.2, 0.25) is 5.02 Å². The van der Waals surface area contributed by atoms with Crippen molar-refractivity contribution in [3.63, 3.8) is 0 Å². The maximum atomic E-state index is 14.0. The molecule has 0 saturated carbocycles. The normalized spacial score (nSPS) is 17.2. The third-order valence-electron chi connectivity index (χ3n) is 6.86. The van der Waals surface area contributed by atoms with Crippen LogP contribution in [0.3, 0.4) is 0 Å². The number of aromatic nitrogens is 2. The van der Waals surface area contributed by atoms with Crippen LogP contribution in [0.25, 0.3) is 0 Å². The summed E-state index contributed by atoms with van der Waals surface area (Å²) in [6, 6.07) is 8.47. The predicted octanol–water partition coefficient (Wildman–Crippen LogP) is 5.13. The molecule has 212 valence electrons. The molecule has 3 heterocycles. The van der Waals surface area contributed by atoms with Crippen LogP contribution in [0, 0.1) is 0 Å². The molecule has 2 N–H and O–H groups in total. The number of likely N-dealkylation sites (N-methyl/N-ethyl adjacent to an activating group) is 1. The van der Waals surface area contributed by atoms with Crippen LogP contribution in [0.15, 0.2) is 42.7 Å². The van der Waals surface area contributed by atoms with E-state index in [1.807, 2.05) is 19.0 Å². The molecule has 1 amide bonds. The van der Waals surface area contributed by atoms with E-state index in [0.717, 1.165) is 19.0 Å². The highest BCUT2D eigenvalue weighted by atomic mass is 35.5. The fourth-order valence-electron chi connectivity index (χ4n) is 4.71. The van der Waals surface area contributed by atoms with E-state index in [1.165, 1.54) is 36.7 Å². The number of fused-ring (bicyclic) bond motifs is 1. The average molecular weight is 577 g/mol. The zero-order chi connectivity index (χ0) is 28.4. The number of benzene rings is 2. The van der Waals surface area contributed by atoms with Crippen molar-refractivity contribution in [2.45, 2.75) is 25.2 Å². The monoisotopic (exact) mass is 576 g/mol. The van der Waals surface area contributed by atoms with Gasteiger partial charge in [-0.1, -0.05) is 17.7 Å². The van der Waals surface area contributed by atoms with Crippen molar-refractivity contribution >= 4 is 29.0 Å². The number of hydrogen-bond acceptors (Lipinski definition) is 8. The second-order valence-electron chi connectivity index (χ2n) is 9.84. The summed E-state index contributed by atoms with van der Waals surface area (Å²) in [4.78, 5) is 25.3. The number of anilines is 2. The van der Waals surface area contributed by atoms with Gasteiger partial charge in [0.25, 0.3) is 11.8 Å². The maximum Gasteiger partial charge on any atom is 0.416 e. The van der Waals surface area contributed by atoms with Crippen LogP contribution >= 0.6 is 11.6 Å². The molecule has 13 heteroatoms. The second-order valence-corrected chi connectivity index (χ2v) is 10.3. The first-order chi connectivity index (χ1) is 19.1. The van der Waals surface area contributed by atoms with E-state index in [0.29, 0.717) is 37.3 Å². The summed E-state index contributed by atoms with van der Waals surface area (Å²) in [7, 11) is 3.94. The number of rotatable bonds is 7. The third-order valence-corrected chi connectivity index (χ3v) is 7.17. The minimum Gasteiger partial charge on any atom is -0.483 e. The minimum absolute atomic E-state index is 0.0235. The molecule has 0 bridgehead atoms. The number of carbonyl (C=O) groups is 1. The van der Waals surface area contributed by atoms with Gasteiger partial charge in [0.15, 0.2) is 5.82 Å². The quantitative estimate of drug-likeness (QED) is 0.400. The minimum atomic E-state index is -4.58. The predicted molar refractivity (Wildman–Crippen MR) is 144 cm³/mol. The van der Waals surface area contributed by atoms with Crippen molar-refractivity contribution in [2.24, 2.45) is 0 Å². The lowest BCUT2D eigenvalue weighted by Gasteiger charge is -2.22. The number of hydrogen-bond donors (Lipinski definition) is 2. The molecule has 5 rings (SSSR count). The molecular formula is C27H28ClF3N6O3. The fourth-order valence-corrected chi connectivity index (χ4v) is 4.87. The highest BCUT2D eigenvalue weighted by Gasteiger charge is 2.35. The van der Waals surface area contributed by atoms with Crippen LogP contribution in [-0.4, -0.2) is 72.1 Å². The Kier molecular flexibility index (Phi) is 8.02. The zero-order valence-electron chi connectivity index (χ0n) is 21.9. The Balaban J connectivity index is 1.33. The molecule has 0 aliphatic carbocycles. The van der Waals surface area contributed by atoms with Crippen molar-refractivity contribution in [3.8, 4) is 17.4 Å². The lowest BCUT2D eigenvalue weighted by atomic mass is 10.0. The highest BCUT2D eigenvalue weighted by Crippen LogP contribution is 2.39. The van der Waals surface area contributed by atoms with E-state index in [9.17, 15) is 18.0 Å². The van der Waals surface area contributed by atoms with Crippen molar-refractivity contribution < 1.29 is 27.4 Å². The van der Waals surface area contributed by atoms with Gasteiger partial charge in [-0.2, -0.15) is 18.2 Å². The van der Waals surface area contributed by atoms with Crippen LogP contribution in [-0.2, 0) is 12.7 Å². The Morgan fingerprint density at radius 1 is 1.25 bits per heavy atom. The lowest BCUT2D eigenvalue weighted by Crippen LogP contribution is -2.31. The van der Waals surface area contributed by atoms with Gasteiger partial charge in [0, 0.05) is 36.9 Å². The maximum absolute atomic E-state index is 14.0. The molecule has 2 aliphatic heterocycles. The number of amides is 1. The summed E-state index contributed by atoms with van der Waals surface area (Å²) in [6.07, 6.45) is -2.38. The van der Waals surface area contributed by atoms with Gasteiger partial charge >= 0.3 is 6.18 Å². The molecule has 3 aromatic rings. The first-order valence-corrected chi connectivity index (χ1v) is 13.1. The van der Waals surface area contributed by atoms with Gasteiger partial charge in [0.2, 0.25) is 5.75 Å². The van der Waals surface area contributed by atoms with Crippen LogP contribution < -0.4 is 20.1 Å². The standard InChI is InChI=1S/C27H28ClF3N6O3/c1-36(2)19-7-9-37(14-19)13-17-3-5-18(12-20(17)27(29,30)31)35-25(38)16-4-6-21(28)22(11-16)40-26-23-24(33-15-34-26)32-8-10-39-23/h3-6,11-12,15,19H,7-10,13-14H2,1-2H3,(H,35,38)(H,32,33,34)/t19-/m0/s1. The van der Waals surface area contributed by atoms with Crippen molar-refractivity contribution in [2.75, 3.05) is 51.0 Å². The number of carbonyl (C=O) groups excluding carboxylic acids is 1. The zero-order valence-corrected chi connectivity index (χ0v) is 22.6. The topological polar surface area (TPSA) is 91.9 Å². The smallest absolute Gasteiger partial charge is 0.416 e. The number of alkyl halides is 3. The van der Waals surface area contributed by atoms with Crippen molar-refractivity contribution in [1.82, 2.24) is 19.8 Å². The SMILES string of the molecule is CN(C)[C@H]1CCN(Cc2ccc(NC(=O)c3ccc(Cl)c(Oc4ncnc5c4OCCN5)c3)cc2C(F)(F)F)C1. The second kappa shape index (κ2) is 11.5. The first-order valence-electron chi connectivity index (χ1n) is 12.7. The van der Waals surface area contributed by atoms with Gasteiger partial charge in [-0.05, 0) is 56.4 Å². The van der Waals surface area contributed by atoms with Crippen molar-refractivity contribution in [3.05, 3.63) is 64.4 Å². The van der Waals surface area contributed by atoms with E-state index in [4.69, 9.17) is 21.1 Å². The number of likely N-dealkylation sites (tertiary alicyclic amines) is 1.